The minimum atomic E-state index is -0.231. The molecule has 2 aliphatic rings. The van der Waals surface area contributed by atoms with Crippen molar-refractivity contribution in [2.75, 3.05) is 26.2 Å². The molecule has 2 fully saturated rings. The Labute approximate surface area is 96.6 Å². The molecule has 92 valence electrons. The molecule has 0 aliphatic carbocycles. The molecule has 0 bridgehead atoms. The molecule has 4 heteroatoms. The number of ether oxygens (including phenoxy) is 1. The summed E-state index contributed by atoms with van der Waals surface area (Å²) in [6.45, 7) is 5.31. The monoisotopic (exact) mass is 227 g/mol. The Balaban J connectivity index is 1.96. The smallest absolute Gasteiger partial charge is 0.312 e. The van der Waals surface area contributed by atoms with Gasteiger partial charge in [-0.25, -0.2) is 0 Å². The molecule has 0 aromatic rings. The number of nitrogens with zero attached hydrogens (tertiary/aromatic N) is 1. The number of hydrogen-bond donors (Lipinski definition) is 1. The van der Waals surface area contributed by atoms with Gasteiger partial charge in [0.25, 0.3) is 0 Å². The maximum atomic E-state index is 11.9. The number of rotatable bonds is 3. The molecule has 0 radical (unpaired) electrons. The summed E-state index contributed by atoms with van der Waals surface area (Å²) < 4.78 is 5.35. The zero-order chi connectivity index (χ0) is 11.6. The van der Waals surface area contributed by atoms with E-state index in [-0.39, 0.29) is 24.1 Å². The molecule has 16 heavy (non-hydrogen) atoms. The van der Waals surface area contributed by atoms with Gasteiger partial charge in [-0.15, -0.1) is 0 Å². The first-order valence-corrected chi connectivity index (χ1v) is 6.24. The maximum absolute atomic E-state index is 11.9. The van der Waals surface area contributed by atoms with E-state index in [1.165, 1.54) is 0 Å². The first kappa shape index (κ1) is 11.9. The fourth-order valence-electron chi connectivity index (χ4n) is 2.85. The quantitative estimate of drug-likeness (QED) is 0.724. The molecule has 0 amide bonds. The van der Waals surface area contributed by atoms with Crippen molar-refractivity contribution >= 4 is 5.97 Å². The van der Waals surface area contributed by atoms with Crippen LogP contribution in [0.1, 0.15) is 32.6 Å². The van der Waals surface area contributed by atoms with E-state index in [2.05, 4.69) is 11.8 Å². The zero-order valence-electron chi connectivity index (χ0n) is 9.95. The van der Waals surface area contributed by atoms with Crippen molar-refractivity contribution in [3.05, 3.63) is 0 Å². The third-order valence-corrected chi connectivity index (χ3v) is 4.04. The number of aliphatic hydroxyl groups is 1. The summed E-state index contributed by atoms with van der Waals surface area (Å²) in [5.74, 6) is -0.0262. The normalized spacial score (nSPS) is 29.6. The van der Waals surface area contributed by atoms with Crippen LogP contribution in [0.5, 0.6) is 0 Å². The Kier molecular flexibility index (Phi) is 3.50. The first-order chi connectivity index (χ1) is 7.70. The lowest BCUT2D eigenvalue weighted by Crippen LogP contribution is -2.42. The number of likely N-dealkylation sites (tertiary alicyclic amines) is 1. The van der Waals surface area contributed by atoms with Crippen molar-refractivity contribution in [2.24, 2.45) is 5.41 Å². The van der Waals surface area contributed by atoms with Crippen LogP contribution in [0.3, 0.4) is 0 Å². The van der Waals surface area contributed by atoms with Crippen molar-refractivity contribution in [1.29, 1.82) is 0 Å². The van der Waals surface area contributed by atoms with Gasteiger partial charge in [-0.3, -0.25) is 4.79 Å². The van der Waals surface area contributed by atoms with E-state index in [9.17, 15) is 4.79 Å². The average Bonchev–Trinajstić information content (AvgIpc) is 2.57. The molecule has 2 heterocycles. The predicted octanol–water partition coefficient (Wildman–Crippen LogP) is 0.786. The largest absolute Gasteiger partial charge is 0.462 e. The standard InChI is InChI=1S/C12H21NO3/c1-2-13-6-4-12(5-7-13)9-10(3-8-14)16-11(12)15/h10,14H,2-9H2,1H3. The van der Waals surface area contributed by atoms with E-state index >= 15 is 0 Å². The highest BCUT2D eigenvalue weighted by Crippen LogP contribution is 2.43. The minimum absolute atomic E-state index is 0.0262. The summed E-state index contributed by atoms with van der Waals surface area (Å²) in [4.78, 5) is 14.3. The SMILES string of the molecule is CCN1CCC2(CC1)CC(CCO)OC2=O. The van der Waals surface area contributed by atoms with Crippen LogP contribution in [-0.4, -0.2) is 48.3 Å². The molecule has 0 aromatic heterocycles. The van der Waals surface area contributed by atoms with Crippen molar-refractivity contribution in [2.45, 2.75) is 38.7 Å². The summed E-state index contributed by atoms with van der Waals surface area (Å²) in [6.07, 6.45) is 3.18. The van der Waals surface area contributed by atoms with E-state index in [0.717, 1.165) is 38.9 Å². The van der Waals surface area contributed by atoms with Gasteiger partial charge < -0.3 is 14.7 Å². The molecular formula is C12H21NO3. The Morgan fingerprint density at radius 3 is 2.75 bits per heavy atom. The third kappa shape index (κ3) is 2.09. The van der Waals surface area contributed by atoms with Crippen LogP contribution in [0.2, 0.25) is 0 Å². The van der Waals surface area contributed by atoms with Crippen LogP contribution >= 0.6 is 0 Å². The van der Waals surface area contributed by atoms with Crippen LogP contribution < -0.4 is 0 Å². The van der Waals surface area contributed by atoms with Crippen molar-refractivity contribution in [1.82, 2.24) is 4.90 Å². The molecule has 0 aromatic carbocycles. The summed E-state index contributed by atoms with van der Waals surface area (Å²) in [6, 6.07) is 0. The second kappa shape index (κ2) is 4.72. The van der Waals surface area contributed by atoms with Crippen LogP contribution in [-0.2, 0) is 9.53 Å². The highest BCUT2D eigenvalue weighted by Gasteiger charge is 2.49. The van der Waals surface area contributed by atoms with Crippen LogP contribution in [0.4, 0.5) is 0 Å². The van der Waals surface area contributed by atoms with Gasteiger partial charge in [0, 0.05) is 19.4 Å². The third-order valence-electron chi connectivity index (χ3n) is 4.04. The number of cyclic esters (lactones) is 1. The fraction of sp³-hybridized carbons (Fsp3) is 0.917. The lowest BCUT2D eigenvalue weighted by molar-refractivity contribution is -0.151. The van der Waals surface area contributed by atoms with Crippen molar-refractivity contribution in [3.63, 3.8) is 0 Å². The molecule has 1 N–H and O–H groups in total. The predicted molar refractivity (Wildman–Crippen MR) is 60.0 cm³/mol. The van der Waals surface area contributed by atoms with E-state index in [0.29, 0.717) is 6.42 Å². The Morgan fingerprint density at radius 2 is 2.19 bits per heavy atom. The second-order valence-electron chi connectivity index (χ2n) is 4.96. The lowest BCUT2D eigenvalue weighted by atomic mass is 9.76. The van der Waals surface area contributed by atoms with Gasteiger partial charge in [-0.05, 0) is 32.5 Å². The molecular weight excluding hydrogens is 206 g/mol. The number of esters is 1. The molecule has 1 unspecified atom stereocenters. The zero-order valence-corrected chi connectivity index (χ0v) is 9.95. The Morgan fingerprint density at radius 1 is 1.50 bits per heavy atom. The van der Waals surface area contributed by atoms with E-state index in [4.69, 9.17) is 9.84 Å². The van der Waals surface area contributed by atoms with Gasteiger partial charge in [-0.1, -0.05) is 6.92 Å². The fourth-order valence-corrected chi connectivity index (χ4v) is 2.85. The molecule has 4 nitrogen and oxygen atoms in total. The van der Waals surface area contributed by atoms with E-state index in [1.54, 1.807) is 0 Å². The molecule has 2 rings (SSSR count). The van der Waals surface area contributed by atoms with Gasteiger partial charge in [0.1, 0.15) is 6.10 Å². The summed E-state index contributed by atoms with van der Waals surface area (Å²) in [5.41, 5.74) is -0.231. The molecule has 2 aliphatic heterocycles. The Bertz CT molecular complexity index is 259. The highest BCUT2D eigenvalue weighted by molar-refractivity contribution is 5.79. The molecule has 1 spiro atoms. The highest BCUT2D eigenvalue weighted by atomic mass is 16.6. The first-order valence-electron chi connectivity index (χ1n) is 6.24. The number of piperidine rings is 1. The van der Waals surface area contributed by atoms with Gasteiger partial charge in [0.2, 0.25) is 0 Å². The topological polar surface area (TPSA) is 49.8 Å². The van der Waals surface area contributed by atoms with Crippen LogP contribution in [0, 0.1) is 5.41 Å². The average molecular weight is 227 g/mol. The maximum Gasteiger partial charge on any atom is 0.312 e. The number of aliphatic hydroxyl groups excluding tert-OH is 1. The summed E-state index contributed by atoms with van der Waals surface area (Å²) in [5, 5.41) is 8.88. The van der Waals surface area contributed by atoms with E-state index in [1.807, 2.05) is 0 Å². The lowest BCUT2D eigenvalue weighted by Gasteiger charge is -2.35. The van der Waals surface area contributed by atoms with Gasteiger partial charge in [0.15, 0.2) is 0 Å². The number of hydrogen-bond acceptors (Lipinski definition) is 4. The van der Waals surface area contributed by atoms with Crippen LogP contribution in [0.25, 0.3) is 0 Å². The minimum Gasteiger partial charge on any atom is -0.462 e. The summed E-state index contributed by atoms with van der Waals surface area (Å²) >= 11 is 0. The molecule has 0 saturated carbocycles. The number of carbonyl (C=O) groups is 1. The molecule has 1 atom stereocenters. The van der Waals surface area contributed by atoms with Crippen molar-refractivity contribution < 1.29 is 14.6 Å². The van der Waals surface area contributed by atoms with Gasteiger partial charge >= 0.3 is 5.97 Å². The van der Waals surface area contributed by atoms with Crippen molar-refractivity contribution in [3.8, 4) is 0 Å². The molecule has 2 saturated heterocycles. The van der Waals surface area contributed by atoms with Gasteiger partial charge in [0.05, 0.1) is 5.41 Å². The number of carbonyl (C=O) groups excluding carboxylic acids is 1. The Hall–Kier alpha value is -0.610. The summed E-state index contributed by atoms with van der Waals surface area (Å²) in [7, 11) is 0. The van der Waals surface area contributed by atoms with Gasteiger partial charge in [-0.2, -0.15) is 0 Å². The van der Waals surface area contributed by atoms with E-state index < -0.39 is 0 Å². The van der Waals surface area contributed by atoms with Crippen LogP contribution in [0.15, 0.2) is 0 Å². The second-order valence-corrected chi connectivity index (χ2v) is 4.96.